The normalized spacial score (nSPS) is 17.7. The SMILES string of the molecule is COc1c(C)cnc(CNC(=O)[C@@H]2CCCN(C(N)=O)C2)c1C. The van der Waals surface area contributed by atoms with Crippen molar-refractivity contribution in [3.63, 3.8) is 0 Å². The second-order valence-corrected chi connectivity index (χ2v) is 5.89. The van der Waals surface area contributed by atoms with Crippen molar-refractivity contribution in [2.45, 2.75) is 33.2 Å². The first kappa shape index (κ1) is 17.1. The Bertz CT molecular complexity index is 603. The molecule has 0 spiro atoms. The number of aryl methyl sites for hydroxylation is 1. The van der Waals surface area contributed by atoms with Crippen molar-refractivity contribution in [1.82, 2.24) is 15.2 Å². The third kappa shape index (κ3) is 3.91. The van der Waals surface area contributed by atoms with Gasteiger partial charge in [-0.2, -0.15) is 0 Å². The van der Waals surface area contributed by atoms with Crippen LogP contribution in [0.4, 0.5) is 4.79 Å². The van der Waals surface area contributed by atoms with E-state index in [1.807, 2.05) is 13.8 Å². The summed E-state index contributed by atoms with van der Waals surface area (Å²) in [5, 5.41) is 2.90. The molecule has 7 nitrogen and oxygen atoms in total. The van der Waals surface area contributed by atoms with Gasteiger partial charge in [0.25, 0.3) is 0 Å². The Balaban J connectivity index is 1.98. The Morgan fingerprint density at radius 2 is 2.22 bits per heavy atom. The number of hydrogen-bond acceptors (Lipinski definition) is 4. The van der Waals surface area contributed by atoms with E-state index in [2.05, 4.69) is 10.3 Å². The summed E-state index contributed by atoms with van der Waals surface area (Å²) >= 11 is 0. The molecule has 1 aromatic rings. The van der Waals surface area contributed by atoms with Gasteiger partial charge in [0.2, 0.25) is 5.91 Å². The van der Waals surface area contributed by atoms with Crippen LogP contribution in [0.3, 0.4) is 0 Å². The molecular formula is C16H24N4O3. The third-order valence-corrected chi connectivity index (χ3v) is 4.28. The van der Waals surface area contributed by atoms with Gasteiger partial charge < -0.3 is 20.7 Å². The van der Waals surface area contributed by atoms with Gasteiger partial charge in [-0.1, -0.05) is 0 Å². The summed E-state index contributed by atoms with van der Waals surface area (Å²) in [6, 6.07) is -0.469. The maximum Gasteiger partial charge on any atom is 0.314 e. The molecule has 3 N–H and O–H groups in total. The highest BCUT2D eigenvalue weighted by Gasteiger charge is 2.27. The van der Waals surface area contributed by atoms with E-state index in [0.29, 0.717) is 19.6 Å². The third-order valence-electron chi connectivity index (χ3n) is 4.28. The van der Waals surface area contributed by atoms with E-state index in [9.17, 15) is 9.59 Å². The van der Waals surface area contributed by atoms with Crippen molar-refractivity contribution in [2.75, 3.05) is 20.2 Å². The van der Waals surface area contributed by atoms with E-state index in [0.717, 1.165) is 35.4 Å². The lowest BCUT2D eigenvalue weighted by Gasteiger charge is -2.30. The van der Waals surface area contributed by atoms with Crippen molar-refractivity contribution in [3.8, 4) is 5.75 Å². The highest BCUT2D eigenvalue weighted by molar-refractivity contribution is 5.80. The number of pyridine rings is 1. The highest BCUT2D eigenvalue weighted by Crippen LogP contribution is 2.24. The van der Waals surface area contributed by atoms with E-state index < -0.39 is 6.03 Å². The number of rotatable bonds is 4. The van der Waals surface area contributed by atoms with Gasteiger partial charge in [0.1, 0.15) is 5.75 Å². The van der Waals surface area contributed by atoms with Crippen molar-refractivity contribution in [3.05, 3.63) is 23.0 Å². The minimum absolute atomic E-state index is 0.0725. The molecule has 1 aliphatic heterocycles. The molecule has 1 atom stereocenters. The van der Waals surface area contributed by atoms with Crippen LogP contribution in [0.1, 0.15) is 29.7 Å². The minimum Gasteiger partial charge on any atom is -0.496 e. The monoisotopic (exact) mass is 320 g/mol. The lowest BCUT2D eigenvalue weighted by atomic mass is 9.97. The van der Waals surface area contributed by atoms with E-state index >= 15 is 0 Å². The zero-order chi connectivity index (χ0) is 17.0. The van der Waals surface area contributed by atoms with Crippen LogP contribution in [-0.4, -0.2) is 42.0 Å². The van der Waals surface area contributed by atoms with Crippen LogP contribution in [0, 0.1) is 19.8 Å². The second-order valence-electron chi connectivity index (χ2n) is 5.89. The Morgan fingerprint density at radius 3 is 2.87 bits per heavy atom. The molecule has 1 saturated heterocycles. The van der Waals surface area contributed by atoms with Crippen LogP contribution < -0.4 is 15.8 Å². The predicted octanol–water partition coefficient (Wildman–Crippen LogP) is 1.11. The van der Waals surface area contributed by atoms with E-state index in [4.69, 9.17) is 10.5 Å². The lowest BCUT2D eigenvalue weighted by Crippen LogP contribution is -2.47. The fourth-order valence-electron chi connectivity index (χ4n) is 2.96. The van der Waals surface area contributed by atoms with Gasteiger partial charge in [-0.05, 0) is 26.7 Å². The molecule has 0 aromatic carbocycles. The van der Waals surface area contributed by atoms with Crippen LogP contribution in [-0.2, 0) is 11.3 Å². The number of nitrogens with zero attached hydrogens (tertiary/aromatic N) is 2. The molecule has 3 amide bonds. The number of piperidine rings is 1. The maximum atomic E-state index is 12.3. The van der Waals surface area contributed by atoms with E-state index in [1.54, 1.807) is 13.3 Å². The number of methoxy groups -OCH3 is 1. The van der Waals surface area contributed by atoms with Gasteiger partial charge in [-0.3, -0.25) is 9.78 Å². The van der Waals surface area contributed by atoms with Crippen LogP contribution in [0.25, 0.3) is 0 Å². The van der Waals surface area contributed by atoms with Crippen molar-refractivity contribution >= 4 is 11.9 Å². The number of carbonyl (C=O) groups is 2. The molecule has 7 heteroatoms. The summed E-state index contributed by atoms with van der Waals surface area (Å²) in [5.74, 6) is 0.502. The summed E-state index contributed by atoms with van der Waals surface area (Å²) in [6.45, 7) is 5.20. The van der Waals surface area contributed by atoms with Crippen molar-refractivity contribution in [2.24, 2.45) is 11.7 Å². The lowest BCUT2D eigenvalue weighted by molar-refractivity contribution is -0.126. The van der Waals surface area contributed by atoms with Crippen LogP contribution >= 0.6 is 0 Å². The number of aromatic nitrogens is 1. The summed E-state index contributed by atoms with van der Waals surface area (Å²) in [7, 11) is 1.62. The quantitative estimate of drug-likeness (QED) is 0.868. The second kappa shape index (κ2) is 7.30. The minimum atomic E-state index is -0.469. The molecule has 0 aliphatic carbocycles. The molecule has 1 aromatic heterocycles. The number of amides is 3. The number of carbonyl (C=O) groups excluding carboxylic acids is 2. The van der Waals surface area contributed by atoms with Gasteiger partial charge in [0.15, 0.2) is 0 Å². The molecule has 0 unspecified atom stereocenters. The van der Waals surface area contributed by atoms with Crippen molar-refractivity contribution in [1.29, 1.82) is 0 Å². The summed E-state index contributed by atoms with van der Waals surface area (Å²) < 4.78 is 5.37. The molecule has 2 heterocycles. The number of primary amides is 1. The molecule has 1 fully saturated rings. The van der Waals surface area contributed by atoms with Gasteiger partial charge in [0, 0.05) is 30.4 Å². The molecule has 1 aliphatic rings. The van der Waals surface area contributed by atoms with Crippen LogP contribution in [0.5, 0.6) is 5.75 Å². The molecule has 23 heavy (non-hydrogen) atoms. The molecule has 2 rings (SSSR count). The first-order valence-corrected chi connectivity index (χ1v) is 7.75. The topological polar surface area (TPSA) is 97.6 Å². The van der Waals surface area contributed by atoms with Crippen molar-refractivity contribution < 1.29 is 14.3 Å². The fourth-order valence-corrected chi connectivity index (χ4v) is 2.96. The van der Waals surface area contributed by atoms with Gasteiger partial charge in [0.05, 0.1) is 25.3 Å². The molecule has 0 bridgehead atoms. The standard InChI is InChI=1S/C16H24N4O3/c1-10-7-18-13(11(2)14(10)23-3)8-19-15(21)12-5-4-6-20(9-12)16(17)22/h7,12H,4-6,8-9H2,1-3H3,(H2,17,22)(H,19,21)/t12-/m1/s1. The molecule has 0 radical (unpaired) electrons. The zero-order valence-corrected chi connectivity index (χ0v) is 13.9. The first-order valence-electron chi connectivity index (χ1n) is 7.75. The smallest absolute Gasteiger partial charge is 0.314 e. The van der Waals surface area contributed by atoms with Gasteiger partial charge >= 0.3 is 6.03 Å². The molecular weight excluding hydrogens is 296 g/mol. The summed E-state index contributed by atoms with van der Waals surface area (Å²) in [6.07, 6.45) is 3.29. The summed E-state index contributed by atoms with van der Waals surface area (Å²) in [5.41, 5.74) is 7.96. The number of likely N-dealkylation sites (tertiary alicyclic amines) is 1. The molecule has 126 valence electrons. The Morgan fingerprint density at radius 1 is 1.48 bits per heavy atom. The Kier molecular flexibility index (Phi) is 5.41. The largest absolute Gasteiger partial charge is 0.496 e. The first-order chi connectivity index (χ1) is 10.9. The number of nitrogens with two attached hydrogens (primary N) is 1. The predicted molar refractivity (Wildman–Crippen MR) is 86.0 cm³/mol. The Hall–Kier alpha value is -2.31. The maximum absolute atomic E-state index is 12.3. The number of hydrogen-bond donors (Lipinski definition) is 2. The fraction of sp³-hybridized carbons (Fsp3) is 0.562. The van der Waals surface area contributed by atoms with Crippen LogP contribution in [0.2, 0.25) is 0 Å². The average Bonchev–Trinajstić information content (AvgIpc) is 2.54. The number of ether oxygens (including phenoxy) is 1. The highest BCUT2D eigenvalue weighted by atomic mass is 16.5. The number of nitrogens with one attached hydrogen (secondary N) is 1. The van der Waals surface area contributed by atoms with E-state index in [1.165, 1.54) is 4.90 Å². The number of urea groups is 1. The zero-order valence-electron chi connectivity index (χ0n) is 13.9. The summed E-state index contributed by atoms with van der Waals surface area (Å²) in [4.78, 5) is 29.5. The van der Waals surface area contributed by atoms with Crippen LogP contribution in [0.15, 0.2) is 6.20 Å². The van der Waals surface area contributed by atoms with Gasteiger partial charge in [-0.15, -0.1) is 0 Å². The molecule has 0 saturated carbocycles. The van der Waals surface area contributed by atoms with E-state index in [-0.39, 0.29) is 11.8 Å². The average molecular weight is 320 g/mol. The Labute approximate surface area is 136 Å². The van der Waals surface area contributed by atoms with Gasteiger partial charge in [-0.25, -0.2) is 4.79 Å².